The molecule has 0 spiro atoms. The van der Waals surface area contributed by atoms with Gasteiger partial charge in [-0.3, -0.25) is 0 Å². The smallest absolute Gasteiger partial charge is 0.0907 e. The van der Waals surface area contributed by atoms with Crippen molar-refractivity contribution >= 4 is 23.5 Å². The van der Waals surface area contributed by atoms with Crippen LogP contribution in [0.25, 0.3) is 12.2 Å². The molecule has 0 saturated heterocycles. The van der Waals surface area contributed by atoms with E-state index in [-0.39, 0.29) is 0 Å². The highest BCUT2D eigenvalue weighted by molar-refractivity contribution is 5.56. The molecule has 3 heteroatoms. The van der Waals surface area contributed by atoms with Gasteiger partial charge in [0.1, 0.15) is 0 Å². The van der Waals surface area contributed by atoms with Crippen molar-refractivity contribution in [1.29, 1.82) is 0 Å². The van der Waals surface area contributed by atoms with Gasteiger partial charge in [0.05, 0.1) is 12.5 Å². The molecule has 0 heterocycles. The monoisotopic (exact) mass is 308 g/mol. The summed E-state index contributed by atoms with van der Waals surface area (Å²) in [6.07, 6.45) is 7.27. The predicted molar refractivity (Wildman–Crippen MR) is 101 cm³/mol. The molecule has 0 radical (unpaired) electrons. The maximum Gasteiger partial charge on any atom is 0.0907 e. The molecule has 0 aliphatic heterocycles. The first-order chi connectivity index (χ1) is 11.1. The molecule has 0 unspecified atom stereocenters. The number of rotatable bonds is 6. The first-order valence-corrected chi connectivity index (χ1v) is 7.59. The molecule has 0 bridgehead atoms. The minimum atomic E-state index is 1.11. The Morgan fingerprint density at radius 1 is 0.609 bits per heavy atom. The van der Waals surface area contributed by atoms with Crippen LogP contribution < -0.4 is 9.80 Å². The lowest BCUT2D eigenvalue weighted by atomic mass is 10.2. The summed E-state index contributed by atoms with van der Waals surface area (Å²) < 4.78 is 5.41. The van der Waals surface area contributed by atoms with Crippen LogP contribution >= 0.6 is 0 Å². The fraction of sp³-hybridized carbons (Fsp3) is 0.200. The zero-order valence-corrected chi connectivity index (χ0v) is 14.2. The van der Waals surface area contributed by atoms with Gasteiger partial charge in [-0.1, -0.05) is 24.3 Å². The molecule has 0 saturated carbocycles. The van der Waals surface area contributed by atoms with Gasteiger partial charge >= 0.3 is 0 Å². The second-order valence-corrected chi connectivity index (χ2v) is 5.71. The number of hydrogen-bond acceptors (Lipinski definition) is 3. The number of benzene rings is 2. The summed E-state index contributed by atoms with van der Waals surface area (Å²) in [7, 11) is 8.13. The lowest BCUT2D eigenvalue weighted by Crippen LogP contribution is -2.07. The van der Waals surface area contributed by atoms with Crippen LogP contribution in [0.3, 0.4) is 0 Å². The maximum absolute atomic E-state index is 5.41. The lowest BCUT2D eigenvalue weighted by molar-refractivity contribution is 0.410. The summed E-state index contributed by atoms with van der Waals surface area (Å²) in [6.45, 7) is 0. The van der Waals surface area contributed by atoms with E-state index in [2.05, 4.69) is 58.3 Å². The van der Waals surface area contributed by atoms with Crippen molar-refractivity contribution < 1.29 is 4.74 Å². The largest absolute Gasteiger partial charge is 0.473 e. The molecular weight excluding hydrogens is 284 g/mol. The van der Waals surface area contributed by atoms with Gasteiger partial charge in [-0.15, -0.1) is 0 Å². The molecule has 0 atom stereocenters. The molecule has 0 fully saturated rings. The summed E-state index contributed by atoms with van der Waals surface area (Å²) in [5, 5.41) is 0. The van der Waals surface area contributed by atoms with E-state index in [9.17, 15) is 0 Å². The van der Waals surface area contributed by atoms with Gasteiger partial charge in [0, 0.05) is 39.6 Å². The number of nitrogens with zero attached hydrogens (tertiary/aromatic N) is 2. The topological polar surface area (TPSA) is 15.7 Å². The van der Waals surface area contributed by atoms with E-state index in [0.29, 0.717) is 0 Å². The van der Waals surface area contributed by atoms with Gasteiger partial charge in [-0.2, -0.15) is 0 Å². The molecule has 2 aromatic carbocycles. The quantitative estimate of drug-likeness (QED) is 0.732. The van der Waals surface area contributed by atoms with E-state index in [1.807, 2.05) is 40.3 Å². The minimum Gasteiger partial charge on any atom is -0.473 e. The summed E-state index contributed by atoms with van der Waals surface area (Å²) in [4.78, 5) is 4.16. The molecule has 23 heavy (non-hydrogen) atoms. The van der Waals surface area contributed by atoms with E-state index in [4.69, 9.17) is 4.74 Å². The average molecular weight is 308 g/mol. The highest BCUT2D eigenvalue weighted by atomic mass is 16.5. The molecule has 0 aliphatic carbocycles. The Morgan fingerprint density at radius 2 is 0.957 bits per heavy atom. The Morgan fingerprint density at radius 3 is 1.26 bits per heavy atom. The van der Waals surface area contributed by atoms with Gasteiger partial charge in [0.15, 0.2) is 0 Å². The molecule has 0 aliphatic rings. The van der Waals surface area contributed by atoms with Crippen LogP contribution in [-0.2, 0) is 4.74 Å². The summed E-state index contributed by atoms with van der Waals surface area (Å²) in [6, 6.07) is 16.6. The van der Waals surface area contributed by atoms with Crippen molar-refractivity contribution in [2.45, 2.75) is 0 Å². The molecule has 3 nitrogen and oxygen atoms in total. The molecule has 0 N–H and O–H groups in total. The van der Waals surface area contributed by atoms with Crippen LogP contribution in [-0.4, -0.2) is 28.2 Å². The lowest BCUT2D eigenvalue weighted by Gasteiger charge is -2.11. The Hall–Kier alpha value is -2.68. The Balaban J connectivity index is 1.86. The fourth-order valence-corrected chi connectivity index (χ4v) is 2.05. The molecule has 0 amide bonds. The molecule has 0 aromatic heterocycles. The van der Waals surface area contributed by atoms with Crippen molar-refractivity contribution in [3.05, 3.63) is 72.2 Å². The van der Waals surface area contributed by atoms with Crippen LogP contribution in [0.2, 0.25) is 0 Å². The summed E-state index contributed by atoms with van der Waals surface area (Å²) >= 11 is 0. The molecule has 2 rings (SSSR count). The highest BCUT2D eigenvalue weighted by Crippen LogP contribution is 2.14. The van der Waals surface area contributed by atoms with E-state index < -0.39 is 0 Å². The molecule has 2 aromatic rings. The van der Waals surface area contributed by atoms with Gasteiger partial charge in [0.2, 0.25) is 0 Å². The van der Waals surface area contributed by atoms with Crippen LogP contribution in [0.5, 0.6) is 0 Å². The number of anilines is 2. The fourth-order valence-electron chi connectivity index (χ4n) is 2.05. The Kier molecular flexibility index (Phi) is 5.87. The van der Waals surface area contributed by atoms with Gasteiger partial charge in [0.25, 0.3) is 0 Å². The Bertz CT molecular complexity index is 594. The Labute approximate surface area is 139 Å². The van der Waals surface area contributed by atoms with E-state index in [1.165, 1.54) is 11.4 Å². The average Bonchev–Trinajstić information content (AvgIpc) is 2.55. The third-order valence-electron chi connectivity index (χ3n) is 3.50. The van der Waals surface area contributed by atoms with Crippen LogP contribution in [0.1, 0.15) is 11.1 Å². The van der Waals surface area contributed by atoms with Gasteiger partial charge < -0.3 is 14.5 Å². The zero-order chi connectivity index (χ0) is 16.7. The molecular formula is C20H24N2O. The van der Waals surface area contributed by atoms with E-state index in [1.54, 1.807) is 12.5 Å². The van der Waals surface area contributed by atoms with Gasteiger partial charge in [-0.05, 0) is 47.5 Å². The van der Waals surface area contributed by atoms with Crippen molar-refractivity contribution in [2.24, 2.45) is 0 Å². The van der Waals surface area contributed by atoms with Crippen molar-refractivity contribution in [2.75, 3.05) is 38.0 Å². The van der Waals surface area contributed by atoms with E-state index in [0.717, 1.165) is 11.1 Å². The van der Waals surface area contributed by atoms with Crippen molar-refractivity contribution in [3.8, 4) is 0 Å². The van der Waals surface area contributed by atoms with Crippen LogP contribution in [0.15, 0.2) is 61.1 Å². The first kappa shape index (κ1) is 16.7. The molecule has 120 valence electrons. The summed E-state index contributed by atoms with van der Waals surface area (Å²) in [5.41, 5.74) is 4.59. The second-order valence-electron chi connectivity index (χ2n) is 5.71. The van der Waals surface area contributed by atoms with E-state index >= 15 is 0 Å². The second kappa shape index (κ2) is 8.08. The third kappa shape index (κ3) is 5.22. The third-order valence-corrected chi connectivity index (χ3v) is 3.50. The first-order valence-electron chi connectivity index (χ1n) is 7.59. The number of hydrogen-bond donors (Lipinski definition) is 0. The van der Waals surface area contributed by atoms with Gasteiger partial charge in [-0.25, -0.2) is 0 Å². The highest BCUT2D eigenvalue weighted by Gasteiger charge is 1.94. The van der Waals surface area contributed by atoms with Crippen LogP contribution in [0.4, 0.5) is 11.4 Å². The standard InChI is InChI=1S/C20H24N2O/c1-21(2)19-9-5-17(6-10-19)13-15-23-16-14-18-7-11-20(12-8-18)22(3)4/h5-16H,1-4H3. The normalized spacial score (nSPS) is 11.1. The maximum atomic E-state index is 5.41. The number of ether oxygens (including phenoxy) is 1. The van der Waals surface area contributed by atoms with Crippen molar-refractivity contribution in [3.63, 3.8) is 0 Å². The summed E-state index contributed by atoms with van der Waals surface area (Å²) in [5.74, 6) is 0. The predicted octanol–water partition coefficient (Wildman–Crippen LogP) is 4.48. The van der Waals surface area contributed by atoms with Crippen molar-refractivity contribution in [1.82, 2.24) is 0 Å². The van der Waals surface area contributed by atoms with Crippen LogP contribution in [0, 0.1) is 0 Å². The zero-order valence-electron chi connectivity index (χ0n) is 14.2. The minimum absolute atomic E-state index is 1.11. The SMILES string of the molecule is CN(C)c1ccc(C=COC=Cc2ccc(N(C)C)cc2)cc1.